The standard InChI is InChI=1S/C47H63N3O11/c1-7-10-24-55-45(54)50(29-31-17-19-39-40(25-31)57-30-56-39)41-28-37(49-61-46(4,5)6)35-26-32(15-11-13-21-51)34(16-12-14-22-52)42-36-27-33(59-44(53)48-9-3)18-20-38(36)60-47(41,43(35)42)58-23-8-2/h7-8,17-20,25-27,32,34,41-43,51-52H,1-2,9-16,21-24,28-30H2,3-6H3,(H,48,53). The third-order valence-electron chi connectivity index (χ3n) is 11.6. The molecule has 0 spiro atoms. The average Bonchev–Trinajstić information content (AvgIpc) is 3.71. The first-order chi connectivity index (χ1) is 29.5. The highest BCUT2D eigenvalue weighted by molar-refractivity contribution is 6.03. The summed E-state index contributed by atoms with van der Waals surface area (Å²) >= 11 is 0. The van der Waals surface area contributed by atoms with Crippen molar-refractivity contribution >= 4 is 17.9 Å². The lowest BCUT2D eigenvalue weighted by Crippen LogP contribution is -2.70. The van der Waals surface area contributed by atoms with Crippen molar-refractivity contribution in [1.82, 2.24) is 10.2 Å². The number of carbonyl (C=O) groups is 2. The van der Waals surface area contributed by atoms with Crippen LogP contribution in [0, 0.1) is 17.8 Å². The molecule has 1 fully saturated rings. The molecule has 1 saturated carbocycles. The number of unbranched alkanes of at least 4 members (excludes halogenated alkanes) is 2. The molecule has 332 valence electrons. The molecule has 2 heterocycles. The number of hydrogen-bond acceptors (Lipinski definition) is 12. The van der Waals surface area contributed by atoms with Crippen molar-refractivity contribution in [3.05, 3.63) is 84.5 Å². The summed E-state index contributed by atoms with van der Waals surface area (Å²) in [6, 6.07) is 10.1. The lowest BCUT2D eigenvalue weighted by atomic mass is 9.55. The van der Waals surface area contributed by atoms with Gasteiger partial charge in [-0.3, -0.25) is 4.90 Å². The first-order valence-electron chi connectivity index (χ1n) is 21.6. The normalized spacial score (nSPS) is 24.1. The highest BCUT2D eigenvalue weighted by Crippen LogP contribution is 2.62. The number of nitrogens with zero attached hydrogens (tertiary/aromatic N) is 2. The van der Waals surface area contributed by atoms with E-state index in [-0.39, 0.29) is 63.9 Å². The van der Waals surface area contributed by atoms with Gasteiger partial charge in [0.1, 0.15) is 23.1 Å². The van der Waals surface area contributed by atoms with Crippen LogP contribution in [0.1, 0.15) is 96.1 Å². The molecule has 2 amide bonds. The second-order valence-electron chi connectivity index (χ2n) is 16.9. The molecule has 0 radical (unpaired) electrons. The minimum absolute atomic E-state index is 0.0162. The zero-order chi connectivity index (χ0) is 43.6. The van der Waals surface area contributed by atoms with Crippen LogP contribution < -0.4 is 24.3 Å². The first kappa shape index (κ1) is 45.5. The molecule has 6 atom stereocenters. The number of fused-ring (bicyclic) bond motifs is 3. The van der Waals surface area contributed by atoms with E-state index in [1.807, 2.05) is 52.0 Å². The van der Waals surface area contributed by atoms with Crippen molar-refractivity contribution in [3.8, 4) is 23.0 Å². The Balaban J connectivity index is 1.61. The number of aliphatic hydroxyl groups is 2. The van der Waals surface area contributed by atoms with Crippen LogP contribution in [-0.2, 0) is 20.9 Å². The Kier molecular flexibility index (Phi) is 15.4. The number of hydrogen-bond donors (Lipinski definition) is 3. The highest BCUT2D eigenvalue weighted by Gasteiger charge is 2.66. The van der Waals surface area contributed by atoms with E-state index in [2.05, 4.69) is 24.6 Å². The van der Waals surface area contributed by atoms with Gasteiger partial charge in [-0.2, -0.15) is 0 Å². The number of ether oxygens (including phenoxy) is 6. The maximum atomic E-state index is 14.7. The van der Waals surface area contributed by atoms with Crippen LogP contribution in [0.5, 0.6) is 23.0 Å². The van der Waals surface area contributed by atoms with Gasteiger partial charge in [-0.1, -0.05) is 42.3 Å². The van der Waals surface area contributed by atoms with Gasteiger partial charge in [0.25, 0.3) is 0 Å². The van der Waals surface area contributed by atoms with E-state index in [0.717, 1.165) is 42.4 Å². The third kappa shape index (κ3) is 10.5. The summed E-state index contributed by atoms with van der Waals surface area (Å²) in [4.78, 5) is 35.4. The molecular formula is C47H63N3O11. The molecule has 6 rings (SSSR count). The second-order valence-corrected chi connectivity index (χ2v) is 16.9. The summed E-state index contributed by atoms with van der Waals surface area (Å²) in [5.41, 5.74) is 2.47. The fraction of sp³-hybridized carbons (Fsp3) is 0.553. The lowest BCUT2D eigenvalue weighted by molar-refractivity contribution is -0.256. The predicted octanol–water partition coefficient (Wildman–Crippen LogP) is 8.17. The topological polar surface area (TPSA) is 167 Å². The molecule has 2 aliphatic carbocycles. The summed E-state index contributed by atoms with van der Waals surface area (Å²) in [7, 11) is 0. The molecule has 14 nitrogen and oxygen atoms in total. The van der Waals surface area contributed by atoms with E-state index in [0.29, 0.717) is 54.5 Å². The van der Waals surface area contributed by atoms with E-state index in [9.17, 15) is 19.8 Å². The molecule has 61 heavy (non-hydrogen) atoms. The van der Waals surface area contributed by atoms with Gasteiger partial charge in [0, 0.05) is 44.2 Å². The monoisotopic (exact) mass is 845 g/mol. The van der Waals surface area contributed by atoms with E-state index < -0.39 is 35.5 Å². The molecule has 2 aromatic carbocycles. The highest BCUT2D eigenvalue weighted by atomic mass is 16.7. The number of aliphatic hydroxyl groups excluding tert-OH is 2. The van der Waals surface area contributed by atoms with Crippen LogP contribution in [0.4, 0.5) is 9.59 Å². The van der Waals surface area contributed by atoms with E-state index in [1.54, 1.807) is 29.2 Å². The third-order valence-corrected chi connectivity index (χ3v) is 11.6. The summed E-state index contributed by atoms with van der Waals surface area (Å²) in [6.45, 7) is 16.4. The van der Waals surface area contributed by atoms with Crippen LogP contribution in [0.15, 0.2) is 78.5 Å². The number of benzene rings is 2. The van der Waals surface area contributed by atoms with Crippen molar-refractivity contribution in [3.63, 3.8) is 0 Å². The van der Waals surface area contributed by atoms with Gasteiger partial charge in [0.05, 0.1) is 24.8 Å². The number of allylic oxidation sites excluding steroid dienone is 1. The summed E-state index contributed by atoms with van der Waals surface area (Å²) in [6.07, 6.45) is 9.44. The summed E-state index contributed by atoms with van der Waals surface area (Å²) < 4.78 is 37.5. The molecule has 14 heteroatoms. The van der Waals surface area contributed by atoms with E-state index in [1.165, 1.54) is 0 Å². The molecule has 6 unspecified atom stereocenters. The van der Waals surface area contributed by atoms with Crippen LogP contribution >= 0.6 is 0 Å². The van der Waals surface area contributed by atoms with Gasteiger partial charge < -0.3 is 48.8 Å². The van der Waals surface area contributed by atoms with Crippen molar-refractivity contribution in [2.24, 2.45) is 22.9 Å². The molecule has 3 N–H and O–H groups in total. The Hall–Kier alpha value is -5.05. The number of nitrogens with one attached hydrogen (secondary N) is 1. The van der Waals surface area contributed by atoms with Crippen molar-refractivity contribution in [1.29, 1.82) is 0 Å². The smallest absolute Gasteiger partial charge is 0.412 e. The molecule has 4 aliphatic rings. The molecular weight excluding hydrogens is 783 g/mol. The maximum Gasteiger partial charge on any atom is 0.412 e. The summed E-state index contributed by atoms with van der Waals surface area (Å²) in [5, 5.41) is 27.4. The number of amides is 2. The van der Waals surface area contributed by atoms with Gasteiger partial charge >= 0.3 is 12.2 Å². The summed E-state index contributed by atoms with van der Waals surface area (Å²) in [5.74, 6) is -0.378. The Morgan fingerprint density at radius 3 is 2.48 bits per heavy atom. The minimum Gasteiger partial charge on any atom is -0.459 e. The average molecular weight is 846 g/mol. The maximum absolute atomic E-state index is 14.7. The van der Waals surface area contributed by atoms with Gasteiger partial charge in [-0.15, -0.1) is 13.2 Å². The minimum atomic E-state index is -1.53. The largest absolute Gasteiger partial charge is 0.459 e. The van der Waals surface area contributed by atoms with Crippen molar-refractivity contribution in [2.75, 3.05) is 39.8 Å². The Morgan fingerprint density at radius 1 is 1.00 bits per heavy atom. The van der Waals surface area contributed by atoms with Crippen LogP contribution in [0.3, 0.4) is 0 Å². The lowest BCUT2D eigenvalue weighted by Gasteiger charge is -2.60. The van der Waals surface area contributed by atoms with Crippen LogP contribution in [-0.4, -0.2) is 90.2 Å². The Morgan fingerprint density at radius 2 is 1.75 bits per heavy atom. The Bertz CT molecular complexity index is 1920. The van der Waals surface area contributed by atoms with Crippen molar-refractivity contribution < 1.29 is 53.1 Å². The fourth-order valence-electron chi connectivity index (χ4n) is 9.04. The quantitative estimate of drug-likeness (QED) is 0.0669. The van der Waals surface area contributed by atoms with Crippen LogP contribution in [0.25, 0.3) is 0 Å². The van der Waals surface area contributed by atoms with Gasteiger partial charge in [-0.05, 0) is 113 Å². The zero-order valence-corrected chi connectivity index (χ0v) is 36.1. The Labute approximate surface area is 359 Å². The predicted molar refractivity (Wildman–Crippen MR) is 230 cm³/mol. The first-order valence-corrected chi connectivity index (χ1v) is 21.6. The zero-order valence-electron chi connectivity index (χ0n) is 36.1. The molecule has 0 aromatic heterocycles. The van der Waals surface area contributed by atoms with Gasteiger partial charge in [0.2, 0.25) is 12.6 Å². The molecule has 2 aromatic rings. The molecule has 0 bridgehead atoms. The molecule has 2 aliphatic heterocycles. The van der Waals surface area contributed by atoms with Crippen molar-refractivity contribution in [2.45, 2.75) is 109 Å². The second kappa shape index (κ2) is 20.7. The number of carbonyl (C=O) groups excluding carboxylic acids is 2. The van der Waals surface area contributed by atoms with Gasteiger partial charge in [-0.25, -0.2) is 9.59 Å². The number of oxime groups is 1. The SMILES string of the molecule is C=CCCOC(=O)N(Cc1ccc2c(c1)OCO2)C1CC(=NOC(C)(C)C)C2=CC(CCCCO)C(CCCCO)C3c4cc(OC(=O)NCC)ccc4OC1(OCC=C)C23. The molecule has 0 saturated heterocycles. The number of rotatable bonds is 20. The van der Waals surface area contributed by atoms with Crippen LogP contribution in [0.2, 0.25) is 0 Å². The fourth-order valence-corrected chi connectivity index (χ4v) is 9.04. The van der Waals surface area contributed by atoms with E-state index in [4.69, 9.17) is 38.4 Å². The van der Waals surface area contributed by atoms with Gasteiger partial charge in [0.15, 0.2) is 11.5 Å². The van der Waals surface area contributed by atoms with E-state index >= 15 is 0 Å².